The first kappa shape index (κ1) is 16.0. The lowest BCUT2D eigenvalue weighted by molar-refractivity contribution is 0.151. The molecule has 0 radical (unpaired) electrons. The molecule has 0 atom stereocenters. The van der Waals surface area contributed by atoms with Crippen LogP contribution in [0.25, 0.3) is 0 Å². The van der Waals surface area contributed by atoms with Crippen LogP contribution in [0.1, 0.15) is 11.1 Å². The van der Waals surface area contributed by atoms with E-state index >= 15 is 0 Å². The Morgan fingerprint density at radius 2 is 2.32 bits per heavy atom. The zero-order valence-corrected chi connectivity index (χ0v) is 12.3. The number of hydrogen-bond acceptors (Lipinski definition) is 3. The molecule has 0 aromatic heterocycles. The SMILES string of the molecule is C=CCN(CCOC)Cc1cccc2c1NCC2.Cl. The largest absolute Gasteiger partial charge is 0.384 e. The molecule has 0 unspecified atom stereocenters. The number of rotatable bonds is 7. The van der Waals surface area contributed by atoms with Crippen molar-refractivity contribution in [3.05, 3.63) is 42.0 Å². The van der Waals surface area contributed by atoms with Crippen LogP contribution >= 0.6 is 12.4 Å². The van der Waals surface area contributed by atoms with E-state index in [1.807, 2.05) is 6.08 Å². The second-order valence-electron chi connectivity index (χ2n) is 4.64. The average molecular weight is 283 g/mol. The van der Waals surface area contributed by atoms with Gasteiger partial charge in [0.1, 0.15) is 0 Å². The minimum Gasteiger partial charge on any atom is -0.384 e. The Morgan fingerprint density at radius 3 is 3.05 bits per heavy atom. The minimum absolute atomic E-state index is 0. The summed E-state index contributed by atoms with van der Waals surface area (Å²) >= 11 is 0. The number of benzene rings is 1. The van der Waals surface area contributed by atoms with Gasteiger partial charge in [-0.15, -0.1) is 19.0 Å². The van der Waals surface area contributed by atoms with E-state index < -0.39 is 0 Å². The molecule has 1 aromatic carbocycles. The molecule has 1 aliphatic rings. The molecular weight excluding hydrogens is 260 g/mol. The van der Waals surface area contributed by atoms with Crippen molar-refractivity contribution >= 4 is 18.1 Å². The summed E-state index contributed by atoms with van der Waals surface area (Å²) in [6.07, 6.45) is 3.09. The highest BCUT2D eigenvalue weighted by atomic mass is 35.5. The van der Waals surface area contributed by atoms with Crippen molar-refractivity contribution in [2.24, 2.45) is 0 Å². The molecule has 1 heterocycles. The molecule has 19 heavy (non-hydrogen) atoms. The number of para-hydroxylation sites is 1. The Bertz CT molecular complexity index is 409. The van der Waals surface area contributed by atoms with Crippen LogP contribution in [0, 0.1) is 0 Å². The number of nitrogens with one attached hydrogen (secondary N) is 1. The fourth-order valence-corrected chi connectivity index (χ4v) is 2.42. The van der Waals surface area contributed by atoms with E-state index in [-0.39, 0.29) is 12.4 Å². The summed E-state index contributed by atoms with van der Waals surface area (Å²) in [7, 11) is 1.74. The number of nitrogens with zero attached hydrogens (tertiary/aromatic N) is 1. The first-order chi connectivity index (χ1) is 8.85. The molecule has 106 valence electrons. The van der Waals surface area contributed by atoms with Crippen LogP contribution in [0.4, 0.5) is 5.69 Å². The van der Waals surface area contributed by atoms with Gasteiger partial charge in [-0.2, -0.15) is 0 Å². The summed E-state index contributed by atoms with van der Waals surface area (Å²) in [6, 6.07) is 6.58. The molecule has 0 saturated carbocycles. The van der Waals surface area contributed by atoms with Gasteiger partial charge in [0.2, 0.25) is 0 Å². The van der Waals surface area contributed by atoms with Gasteiger partial charge in [-0.1, -0.05) is 24.3 Å². The Morgan fingerprint density at radius 1 is 1.47 bits per heavy atom. The predicted octanol–water partition coefficient (Wildman–Crippen LogP) is 2.71. The Balaban J connectivity index is 0.00000180. The van der Waals surface area contributed by atoms with Gasteiger partial charge in [-0.25, -0.2) is 0 Å². The Kier molecular flexibility index (Phi) is 6.92. The second kappa shape index (κ2) is 8.20. The van der Waals surface area contributed by atoms with E-state index in [1.165, 1.54) is 16.8 Å². The fraction of sp³-hybridized carbons (Fsp3) is 0.467. The average Bonchev–Trinajstić information content (AvgIpc) is 2.85. The molecular formula is C15H23ClN2O. The molecule has 0 amide bonds. The summed E-state index contributed by atoms with van der Waals surface area (Å²) in [4.78, 5) is 2.35. The molecule has 0 aliphatic carbocycles. The lowest BCUT2D eigenvalue weighted by Gasteiger charge is -2.21. The number of fused-ring (bicyclic) bond motifs is 1. The maximum absolute atomic E-state index is 5.16. The normalized spacial score (nSPS) is 12.7. The number of hydrogen-bond donors (Lipinski definition) is 1. The van der Waals surface area contributed by atoms with E-state index in [1.54, 1.807) is 7.11 Å². The van der Waals surface area contributed by atoms with Crippen molar-refractivity contribution < 1.29 is 4.74 Å². The zero-order chi connectivity index (χ0) is 12.8. The van der Waals surface area contributed by atoms with E-state index in [0.717, 1.165) is 39.2 Å². The van der Waals surface area contributed by atoms with Crippen molar-refractivity contribution in [3.8, 4) is 0 Å². The number of halogens is 1. The van der Waals surface area contributed by atoms with Crippen molar-refractivity contribution in [2.45, 2.75) is 13.0 Å². The highest BCUT2D eigenvalue weighted by molar-refractivity contribution is 5.85. The highest BCUT2D eigenvalue weighted by Crippen LogP contribution is 2.27. The highest BCUT2D eigenvalue weighted by Gasteiger charge is 2.15. The number of methoxy groups -OCH3 is 1. The molecule has 1 aliphatic heterocycles. The molecule has 0 saturated heterocycles. The van der Waals surface area contributed by atoms with E-state index in [2.05, 4.69) is 35.0 Å². The van der Waals surface area contributed by atoms with Gasteiger partial charge in [0.15, 0.2) is 0 Å². The van der Waals surface area contributed by atoms with Crippen LogP contribution < -0.4 is 5.32 Å². The molecule has 0 bridgehead atoms. The predicted molar refractivity (Wildman–Crippen MR) is 83.2 cm³/mol. The van der Waals surface area contributed by atoms with Crippen molar-refractivity contribution in [1.29, 1.82) is 0 Å². The summed E-state index contributed by atoms with van der Waals surface area (Å²) in [6.45, 7) is 8.43. The zero-order valence-electron chi connectivity index (χ0n) is 11.5. The maximum atomic E-state index is 5.16. The van der Waals surface area contributed by atoms with E-state index in [9.17, 15) is 0 Å². The van der Waals surface area contributed by atoms with Crippen LogP contribution in [0.5, 0.6) is 0 Å². The van der Waals surface area contributed by atoms with Crippen molar-refractivity contribution in [1.82, 2.24) is 4.90 Å². The first-order valence-corrected chi connectivity index (χ1v) is 6.52. The van der Waals surface area contributed by atoms with Crippen LogP contribution in [-0.4, -0.2) is 38.3 Å². The third-order valence-electron chi connectivity index (χ3n) is 3.33. The van der Waals surface area contributed by atoms with Gasteiger partial charge < -0.3 is 10.1 Å². The second-order valence-corrected chi connectivity index (χ2v) is 4.64. The Hall–Kier alpha value is -1.03. The summed E-state index contributed by atoms with van der Waals surface area (Å²) in [5.41, 5.74) is 4.16. The van der Waals surface area contributed by atoms with Gasteiger partial charge in [-0.05, 0) is 17.5 Å². The van der Waals surface area contributed by atoms with E-state index in [0.29, 0.717) is 0 Å². The third kappa shape index (κ3) is 4.23. The van der Waals surface area contributed by atoms with Crippen LogP contribution in [0.15, 0.2) is 30.9 Å². The van der Waals surface area contributed by atoms with Crippen molar-refractivity contribution in [3.63, 3.8) is 0 Å². The molecule has 0 fully saturated rings. The lowest BCUT2D eigenvalue weighted by atomic mass is 10.1. The number of anilines is 1. The van der Waals surface area contributed by atoms with Crippen LogP contribution in [-0.2, 0) is 17.7 Å². The van der Waals surface area contributed by atoms with E-state index in [4.69, 9.17) is 4.74 Å². The summed E-state index contributed by atoms with van der Waals surface area (Å²) in [5, 5.41) is 3.49. The molecule has 4 heteroatoms. The van der Waals surface area contributed by atoms with Gasteiger partial charge in [0.05, 0.1) is 6.61 Å². The van der Waals surface area contributed by atoms with Gasteiger partial charge in [-0.3, -0.25) is 4.90 Å². The first-order valence-electron chi connectivity index (χ1n) is 6.52. The van der Waals surface area contributed by atoms with Gasteiger partial charge in [0.25, 0.3) is 0 Å². The third-order valence-corrected chi connectivity index (χ3v) is 3.33. The van der Waals surface area contributed by atoms with Gasteiger partial charge >= 0.3 is 0 Å². The Labute approximate surface area is 122 Å². The molecule has 1 N–H and O–H groups in total. The summed E-state index contributed by atoms with van der Waals surface area (Å²) < 4.78 is 5.16. The quantitative estimate of drug-likeness (QED) is 0.778. The maximum Gasteiger partial charge on any atom is 0.0589 e. The topological polar surface area (TPSA) is 24.5 Å². The summed E-state index contributed by atoms with van der Waals surface area (Å²) in [5.74, 6) is 0. The smallest absolute Gasteiger partial charge is 0.0589 e. The molecule has 0 spiro atoms. The molecule has 2 rings (SSSR count). The standard InChI is InChI=1S/C15H22N2O.ClH/c1-3-9-17(10-11-18-2)12-14-6-4-5-13-7-8-16-15(13)14;/h3-6,16H,1,7-12H2,2H3;1H. The minimum atomic E-state index is 0. The fourth-order valence-electron chi connectivity index (χ4n) is 2.42. The van der Waals surface area contributed by atoms with Crippen LogP contribution in [0.3, 0.4) is 0 Å². The molecule has 3 nitrogen and oxygen atoms in total. The monoisotopic (exact) mass is 282 g/mol. The van der Waals surface area contributed by atoms with Gasteiger partial charge in [0, 0.05) is 39.0 Å². The van der Waals surface area contributed by atoms with Crippen LogP contribution in [0.2, 0.25) is 0 Å². The lowest BCUT2D eigenvalue weighted by Crippen LogP contribution is -2.27. The van der Waals surface area contributed by atoms with Crippen molar-refractivity contribution in [2.75, 3.05) is 38.7 Å². The molecule has 1 aromatic rings. The number of ether oxygens (including phenoxy) is 1.